The van der Waals surface area contributed by atoms with Crippen LogP contribution in [0.4, 0.5) is 5.82 Å². The number of nitrogens with zero attached hydrogens (tertiary/aromatic N) is 6. The highest BCUT2D eigenvalue weighted by Crippen LogP contribution is 2.33. The number of nitrogens with one attached hydrogen (secondary N) is 1. The van der Waals surface area contributed by atoms with Gasteiger partial charge in [0.15, 0.2) is 5.65 Å². The van der Waals surface area contributed by atoms with Gasteiger partial charge in [-0.05, 0) is 25.7 Å². The number of ether oxygens (including phenoxy) is 1. The lowest BCUT2D eigenvalue weighted by Crippen LogP contribution is -2.29. The van der Waals surface area contributed by atoms with Crippen molar-refractivity contribution in [3.8, 4) is 0 Å². The summed E-state index contributed by atoms with van der Waals surface area (Å²) in [5.41, 5.74) is 0.834. The van der Waals surface area contributed by atoms with Crippen LogP contribution in [0.3, 0.4) is 0 Å². The molecule has 1 atom stereocenters. The number of anilines is 1. The summed E-state index contributed by atoms with van der Waals surface area (Å²) in [5.74, 6) is 3.00. The highest BCUT2D eigenvalue weighted by Gasteiger charge is 2.29. The van der Waals surface area contributed by atoms with Gasteiger partial charge in [0.05, 0.1) is 17.6 Å². The van der Waals surface area contributed by atoms with Crippen LogP contribution >= 0.6 is 0 Å². The molecule has 1 aliphatic heterocycles. The Bertz CT molecular complexity index is 878. The molecule has 1 N–H and O–H groups in total. The summed E-state index contributed by atoms with van der Waals surface area (Å²) in [7, 11) is 3.93. The van der Waals surface area contributed by atoms with Gasteiger partial charge >= 0.3 is 0 Å². The first-order valence-corrected chi connectivity index (χ1v) is 8.61. The molecular formula is C17H23N7O. The molecular weight excluding hydrogens is 318 g/mol. The van der Waals surface area contributed by atoms with Gasteiger partial charge in [-0.1, -0.05) is 0 Å². The first-order valence-electron chi connectivity index (χ1n) is 8.61. The highest BCUT2D eigenvalue weighted by molar-refractivity contribution is 5.86. The van der Waals surface area contributed by atoms with E-state index in [2.05, 4.69) is 29.9 Å². The zero-order valence-corrected chi connectivity index (χ0v) is 14.8. The lowest BCUT2D eigenvalue weighted by Gasteiger charge is -2.31. The molecule has 1 fully saturated rings. The first kappa shape index (κ1) is 16.0. The largest absolute Gasteiger partial charge is 0.381 e. The number of aromatic nitrogens is 6. The lowest BCUT2D eigenvalue weighted by atomic mass is 9.91. The molecule has 0 spiro atoms. The molecule has 1 aliphatic rings. The summed E-state index contributed by atoms with van der Waals surface area (Å²) in [4.78, 5) is 13.7. The average molecular weight is 341 g/mol. The minimum atomic E-state index is 0.0709. The van der Waals surface area contributed by atoms with E-state index >= 15 is 0 Å². The van der Waals surface area contributed by atoms with E-state index < -0.39 is 0 Å². The Kier molecular flexibility index (Phi) is 4.12. The summed E-state index contributed by atoms with van der Waals surface area (Å²) in [5, 5.41) is 8.91. The van der Waals surface area contributed by atoms with Crippen molar-refractivity contribution in [3.63, 3.8) is 0 Å². The second-order valence-electron chi connectivity index (χ2n) is 6.59. The SMILES string of the molecule is Cc1nc(N[C@H](c2nccn2C)C2CCOCC2)c2cnn(C)c2n1. The van der Waals surface area contributed by atoms with Crippen molar-refractivity contribution in [3.05, 3.63) is 30.2 Å². The van der Waals surface area contributed by atoms with Crippen LogP contribution in [-0.2, 0) is 18.8 Å². The molecule has 0 bridgehead atoms. The number of aryl methyl sites for hydroxylation is 3. The first-order chi connectivity index (χ1) is 12.1. The molecule has 0 aromatic carbocycles. The van der Waals surface area contributed by atoms with Crippen molar-refractivity contribution in [1.29, 1.82) is 0 Å². The average Bonchev–Trinajstić information content (AvgIpc) is 3.20. The van der Waals surface area contributed by atoms with Gasteiger partial charge in [-0.25, -0.2) is 15.0 Å². The van der Waals surface area contributed by atoms with Crippen molar-refractivity contribution in [1.82, 2.24) is 29.3 Å². The molecule has 8 heteroatoms. The standard InChI is InChI=1S/C17H23N7O/c1-11-20-15(13-10-19-24(3)16(13)21-11)22-14(12-4-8-25-9-5-12)17-18-6-7-23(17)2/h6-7,10,12,14H,4-5,8-9H2,1-3H3,(H,20,21,22)/t14-/m0/s1. The molecule has 0 amide bonds. The van der Waals surface area contributed by atoms with Gasteiger partial charge in [0, 0.05) is 39.7 Å². The molecule has 4 heterocycles. The molecule has 3 aromatic heterocycles. The Hall–Kier alpha value is -2.48. The minimum Gasteiger partial charge on any atom is -0.381 e. The van der Waals surface area contributed by atoms with E-state index in [9.17, 15) is 0 Å². The fourth-order valence-electron chi connectivity index (χ4n) is 3.51. The molecule has 8 nitrogen and oxygen atoms in total. The van der Waals surface area contributed by atoms with Crippen molar-refractivity contribution < 1.29 is 4.74 Å². The van der Waals surface area contributed by atoms with Crippen LogP contribution in [0.15, 0.2) is 18.6 Å². The van der Waals surface area contributed by atoms with E-state index in [1.54, 1.807) is 4.68 Å². The van der Waals surface area contributed by atoms with Gasteiger partial charge in [-0.2, -0.15) is 5.10 Å². The van der Waals surface area contributed by atoms with Crippen LogP contribution in [-0.4, -0.2) is 42.5 Å². The summed E-state index contributed by atoms with van der Waals surface area (Å²) in [6.45, 7) is 3.48. The molecule has 0 unspecified atom stereocenters. The van der Waals surface area contributed by atoms with Gasteiger partial charge in [0.2, 0.25) is 0 Å². The third kappa shape index (κ3) is 2.97. The Morgan fingerprint density at radius 2 is 2.04 bits per heavy atom. The van der Waals surface area contributed by atoms with Crippen LogP contribution < -0.4 is 5.32 Å². The van der Waals surface area contributed by atoms with Crippen LogP contribution in [0.25, 0.3) is 11.0 Å². The van der Waals surface area contributed by atoms with Gasteiger partial charge in [-0.3, -0.25) is 4.68 Å². The molecule has 0 radical (unpaired) electrons. The molecule has 25 heavy (non-hydrogen) atoms. The number of rotatable bonds is 4. The van der Waals surface area contributed by atoms with Crippen molar-refractivity contribution in [2.45, 2.75) is 25.8 Å². The zero-order chi connectivity index (χ0) is 17.4. The van der Waals surface area contributed by atoms with Crippen LogP contribution in [0, 0.1) is 12.8 Å². The van der Waals surface area contributed by atoms with Gasteiger partial charge in [0.1, 0.15) is 17.5 Å². The summed E-state index contributed by atoms with van der Waals surface area (Å²) >= 11 is 0. The predicted molar refractivity (Wildman–Crippen MR) is 94.2 cm³/mol. The van der Waals surface area contributed by atoms with Crippen LogP contribution in [0.5, 0.6) is 0 Å². The van der Waals surface area contributed by atoms with Crippen molar-refractivity contribution >= 4 is 16.9 Å². The Morgan fingerprint density at radius 1 is 1.24 bits per heavy atom. The topological polar surface area (TPSA) is 82.7 Å². The number of fused-ring (bicyclic) bond motifs is 1. The Labute approximate surface area is 146 Å². The Balaban J connectivity index is 1.75. The minimum absolute atomic E-state index is 0.0709. The summed E-state index contributed by atoms with van der Waals surface area (Å²) in [6.07, 6.45) is 7.65. The van der Waals surface area contributed by atoms with E-state index in [4.69, 9.17) is 4.74 Å². The fourth-order valence-corrected chi connectivity index (χ4v) is 3.51. The van der Waals surface area contributed by atoms with E-state index in [-0.39, 0.29) is 6.04 Å². The summed E-state index contributed by atoms with van der Waals surface area (Å²) in [6, 6.07) is 0.0709. The molecule has 0 aliphatic carbocycles. The third-order valence-electron chi connectivity index (χ3n) is 4.87. The normalized spacial score (nSPS) is 17.1. The maximum Gasteiger partial charge on any atom is 0.163 e. The molecule has 0 saturated carbocycles. The second kappa shape index (κ2) is 6.44. The fraction of sp³-hybridized carbons (Fsp3) is 0.529. The van der Waals surface area contributed by atoms with E-state index in [1.165, 1.54) is 0 Å². The lowest BCUT2D eigenvalue weighted by molar-refractivity contribution is 0.0594. The Morgan fingerprint density at radius 3 is 2.76 bits per heavy atom. The number of hydrogen-bond acceptors (Lipinski definition) is 6. The van der Waals surface area contributed by atoms with Crippen LogP contribution in [0.1, 0.15) is 30.5 Å². The smallest absolute Gasteiger partial charge is 0.163 e. The van der Waals surface area contributed by atoms with Crippen LogP contribution in [0.2, 0.25) is 0 Å². The molecule has 132 valence electrons. The van der Waals surface area contributed by atoms with E-state index in [0.29, 0.717) is 5.92 Å². The molecule has 1 saturated heterocycles. The molecule has 3 aromatic rings. The monoisotopic (exact) mass is 341 g/mol. The highest BCUT2D eigenvalue weighted by atomic mass is 16.5. The summed E-state index contributed by atoms with van der Waals surface area (Å²) < 4.78 is 9.39. The maximum absolute atomic E-state index is 5.55. The quantitative estimate of drug-likeness (QED) is 0.781. The van der Waals surface area contributed by atoms with Gasteiger partial charge in [-0.15, -0.1) is 0 Å². The molecule has 4 rings (SSSR count). The number of imidazole rings is 1. The van der Waals surface area contributed by atoms with E-state index in [1.807, 2.05) is 39.6 Å². The zero-order valence-electron chi connectivity index (χ0n) is 14.8. The van der Waals surface area contributed by atoms with E-state index in [0.717, 1.165) is 54.6 Å². The second-order valence-corrected chi connectivity index (χ2v) is 6.59. The third-order valence-corrected chi connectivity index (χ3v) is 4.87. The predicted octanol–water partition coefficient (Wildman–Crippen LogP) is 1.99. The van der Waals surface area contributed by atoms with Gasteiger partial charge in [0.25, 0.3) is 0 Å². The van der Waals surface area contributed by atoms with Crippen molar-refractivity contribution in [2.24, 2.45) is 20.0 Å². The van der Waals surface area contributed by atoms with Crippen molar-refractivity contribution in [2.75, 3.05) is 18.5 Å². The maximum atomic E-state index is 5.55. The van der Waals surface area contributed by atoms with Gasteiger partial charge < -0.3 is 14.6 Å². The number of hydrogen-bond donors (Lipinski definition) is 1.